The lowest BCUT2D eigenvalue weighted by molar-refractivity contribution is 0.112. The standard InChI is InChI=1S/C14H10BrFO2/c1-9-6-11(4-5-14(9)16)18-12-3-2-10(8-17)13(15)7-12/h2-8H,1H3. The predicted molar refractivity (Wildman–Crippen MR) is 70.7 cm³/mol. The van der Waals surface area contributed by atoms with Gasteiger partial charge in [0.2, 0.25) is 0 Å². The highest BCUT2D eigenvalue weighted by atomic mass is 79.9. The van der Waals surface area contributed by atoms with Gasteiger partial charge >= 0.3 is 0 Å². The fraction of sp³-hybridized carbons (Fsp3) is 0.0714. The Balaban J connectivity index is 2.25. The summed E-state index contributed by atoms with van der Waals surface area (Å²) in [6.45, 7) is 1.67. The molecule has 0 heterocycles. The van der Waals surface area contributed by atoms with Crippen molar-refractivity contribution in [2.24, 2.45) is 0 Å². The normalized spacial score (nSPS) is 10.2. The van der Waals surface area contributed by atoms with Crippen LogP contribution >= 0.6 is 15.9 Å². The fourth-order valence-corrected chi connectivity index (χ4v) is 1.93. The SMILES string of the molecule is Cc1cc(Oc2ccc(C=O)c(Br)c2)ccc1F. The lowest BCUT2D eigenvalue weighted by atomic mass is 10.2. The summed E-state index contributed by atoms with van der Waals surface area (Å²) in [6, 6.07) is 9.58. The Bertz CT molecular complexity index is 596. The van der Waals surface area contributed by atoms with Crippen molar-refractivity contribution in [1.29, 1.82) is 0 Å². The van der Waals surface area contributed by atoms with Crippen molar-refractivity contribution in [2.75, 3.05) is 0 Å². The largest absolute Gasteiger partial charge is 0.457 e. The number of aldehydes is 1. The quantitative estimate of drug-likeness (QED) is 0.780. The zero-order valence-corrected chi connectivity index (χ0v) is 11.2. The van der Waals surface area contributed by atoms with E-state index in [-0.39, 0.29) is 5.82 Å². The summed E-state index contributed by atoms with van der Waals surface area (Å²) in [4.78, 5) is 10.7. The highest BCUT2D eigenvalue weighted by Gasteiger charge is 2.04. The first kappa shape index (κ1) is 12.8. The molecule has 0 radical (unpaired) electrons. The van der Waals surface area contributed by atoms with Crippen molar-refractivity contribution >= 4 is 22.2 Å². The summed E-state index contributed by atoms with van der Waals surface area (Å²) in [7, 11) is 0. The van der Waals surface area contributed by atoms with Gasteiger partial charge in [0.05, 0.1) is 0 Å². The van der Waals surface area contributed by atoms with E-state index in [2.05, 4.69) is 15.9 Å². The van der Waals surface area contributed by atoms with Crippen molar-refractivity contribution in [2.45, 2.75) is 6.92 Å². The first-order valence-corrected chi connectivity index (χ1v) is 6.08. The van der Waals surface area contributed by atoms with Crippen LogP contribution in [0.3, 0.4) is 0 Å². The molecule has 2 aromatic rings. The van der Waals surface area contributed by atoms with Crippen molar-refractivity contribution in [3.8, 4) is 11.5 Å². The van der Waals surface area contributed by atoms with E-state index in [0.717, 1.165) is 6.29 Å². The highest BCUT2D eigenvalue weighted by molar-refractivity contribution is 9.10. The molecular weight excluding hydrogens is 299 g/mol. The van der Waals surface area contributed by atoms with Crippen LogP contribution in [0, 0.1) is 12.7 Å². The molecule has 2 aromatic carbocycles. The number of hydrogen-bond donors (Lipinski definition) is 0. The van der Waals surface area contributed by atoms with Gasteiger partial charge in [0, 0.05) is 10.0 Å². The highest BCUT2D eigenvalue weighted by Crippen LogP contribution is 2.27. The number of aryl methyl sites for hydroxylation is 1. The van der Waals surface area contributed by atoms with E-state index in [1.54, 1.807) is 37.3 Å². The summed E-state index contributed by atoms with van der Waals surface area (Å²) >= 11 is 3.28. The molecule has 92 valence electrons. The zero-order chi connectivity index (χ0) is 13.1. The Kier molecular flexibility index (Phi) is 3.77. The molecule has 0 aliphatic carbocycles. The summed E-state index contributed by atoms with van der Waals surface area (Å²) in [5.74, 6) is 0.873. The molecule has 0 bridgehead atoms. The van der Waals surface area contributed by atoms with Crippen LogP contribution in [0.2, 0.25) is 0 Å². The number of carbonyl (C=O) groups excluding carboxylic acids is 1. The molecule has 0 unspecified atom stereocenters. The van der Waals surface area contributed by atoms with Crippen molar-refractivity contribution in [3.05, 3.63) is 57.8 Å². The summed E-state index contributed by atoms with van der Waals surface area (Å²) in [5, 5.41) is 0. The number of benzene rings is 2. The Morgan fingerprint density at radius 1 is 1.17 bits per heavy atom. The molecule has 0 saturated heterocycles. The molecule has 0 aliphatic heterocycles. The number of ether oxygens (including phenoxy) is 1. The van der Waals surface area contributed by atoms with Crippen LogP contribution < -0.4 is 4.74 Å². The Labute approximate surface area is 113 Å². The number of hydrogen-bond acceptors (Lipinski definition) is 2. The van der Waals surface area contributed by atoms with Gasteiger partial charge in [-0.05, 0) is 64.8 Å². The molecule has 4 heteroatoms. The van der Waals surface area contributed by atoms with Gasteiger partial charge in [0.1, 0.15) is 17.3 Å². The van der Waals surface area contributed by atoms with Crippen molar-refractivity contribution < 1.29 is 13.9 Å². The van der Waals surface area contributed by atoms with E-state index >= 15 is 0 Å². The summed E-state index contributed by atoms with van der Waals surface area (Å²) in [5.41, 5.74) is 1.08. The van der Waals surface area contributed by atoms with E-state index in [1.165, 1.54) is 6.07 Å². The van der Waals surface area contributed by atoms with Gasteiger partial charge in [0.25, 0.3) is 0 Å². The third-order valence-corrected chi connectivity index (χ3v) is 3.15. The minimum atomic E-state index is -0.264. The average molecular weight is 309 g/mol. The van der Waals surface area contributed by atoms with Gasteiger partial charge in [-0.15, -0.1) is 0 Å². The second-order valence-corrected chi connectivity index (χ2v) is 4.67. The monoisotopic (exact) mass is 308 g/mol. The number of carbonyl (C=O) groups is 1. The lowest BCUT2D eigenvalue weighted by Gasteiger charge is -2.08. The van der Waals surface area contributed by atoms with Crippen LogP contribution in [0.25, 0.3) is 0 Å². The molecule has 18 heavy (non-hydrogen) atoms. The molecule has 0 atom stereocenters. The lowest BCUT2D eigenvalue weighted by Crippen LogP contribution is -1.89. The van der Waals surface area contributed by atoms with Gasteiger partial charge in [-0.2, -0.15) is 0 Å². The van der Waals surface area contributed by atoms with Gasteiger partial charge in [-0.25, -0.2) is 4.39 Å². The maximum Gasteiger partial charge on any atom is 0.151 e. The maximum atomic E-state index is 13.1. The molecule has 0 spiro atoms. The van der Waals surface area contributed by atoms with Crippen molar-refractivity contribution in [1.82, 2.24) is 0 Å². The first-order chi connectivity index (χ1) is 8.60. The number of rotatable bonds is 3. The maximum absolute atomic E-state index is 13.1. The van der Waals surface area contributed by atoms with E-state index in [4.69, 9.17) is 4.74 Å². The van der Waals surface area contributed by atoms with Gasteiger partial charge < -0.3 is 4.74 Å². The predicted octanol–water partition coefficient (Wildman–Crippen LogP) is 4.50. The third kappa shape index (κ3) is 2.76. The molecule has 0 fully saturated rings. The summed E-state index contributed by atoms with van der Waals surface area (Å²) in [6.07, 6.45) is 0.760. The Hall–Kier alpha value is -1.68. The summed E-state index contributed by atoms with van der Waals surface area (Å²) < 4.78 is 19.3. The van der Waals surface area contributed by atoms with Crippen LogP contribution in [-0.2, 0) is 0 Å². The molecule has 0 N–H and O–H groups in total. The molecule has 0 aliphatic rings. The number of halogens is 2. The van der Waals surface area contributed by atoms with Crippen LogP contribution in [0.1, 0.15) is 15.9 Å². The molecule has 0 aromatic heterocycles. The van der Waals surface area contributed by atoms with E-state index < -0.39 is 0 Å². The molecule has 2 rings (SSSR count). The minimum absolute atomic E-state index is 0.264. The fourth-order valence-electron chi connectivity index (χ4n) is 1.48. The van der Waals surface area contributed by atoms with Crippen molar-refractivity contribution in [3.63, 3.8) is 0 Å². The van der Waals surface area contributed by atoms with Gasteiger partial charge in [-0.1, -0.05) is 0 Å². The van der Waals surface area contributed by atoms with Gasteiger partial charge in [-0.3, -0.25) is 4.79 Å². The first-order valence-electron chi connectivity index (χ1n) is 5.29. The Morgan fingerprint density at radius 2 is 1.83 bits per heavy atom. The second-order valence-electron chi connectivity index (χ2n) is 3.81. The smallest absolute Gasteiger partial charge is 0.151 e. The van der Waals surface area contributed by atoms with E-state index in [1.807, 2.05) is 0 Å². The zero-order valence-electron chi connectivity index (χ0n) is 9.61. The average Bonchev–Trinajstić information content (AvgIpc) is 2.34. The van der Waals surface area contributed by atoms with Crippen LogP contribution in [0.4, 0.5) is 4.39 Å². The van der Waals surface area contributed by atoms with Crippen LogP contribution in [-0.4, -0.2) is 6.29 Å². The third-order valence-electron chi connectivity index (χ3n) is 2.46. The minimum Gasteiger partial charge on any atom is -0.457 e. The van der Waals surface area contributed by atoms with E-state index in [0.29, 0.717) is 27.1 Å². The molecular formula is C14H10BrFO2. The molecule has 2 nitrogen and oxygen atoms in total. The second kappa shape index (κ2) is 5.31. The topological polar surface area (TPSA) is 26.3 Å². The molecule has 0 amide bonds. The van der Waals surface area contributed by atoms with Gasteiger partial charge in [0.15, 0.2) is 6.29 Å². The Morgan fingerprint density at radius 3 is 2.44 bits per heavy atom. The van der Waals surface area contributed by atoms with E-state index in [9.17, 15) is 9.18 Å². The van der Waals surface area contributed by atoms with Crippen LogP contribution in [0.5, 0.6) is 11.5 Å². The molecule has 0 saturated carbocycles. The van der Waals surface area contributed by atoms with Crippen LogP contribution in [0.15, 0.2) is 40.9 Å².